The molecule has 0 spiro atoms. The van der Waals surface area contributed by atoms with Crippen molar-refractivity contribution in [1.82, 2.24) is 4.98 Å². The summed E-state index contributed by atoms with van der Waals surface area (Å²) < 4.78 is 19.1. The molecule has 0 aliphatic heterocycles. The number of benzene rings is 1. The number of aromatic amines is 1. The first kappa shape index (κ1) is 18.7. The molecule has 1 amide bonds. The summed E-state index contributed by atoms with van der Waals surface area (Å²) in [4.78, 5) is 29.1. The van der Waals surface area contributed by atoms with Crippen molar-refractivity contribution in [1.29, 1.82) is 0 Å². The largest absolute Gasteiger partial charge is 0.443 e. The van der Waals surface area contributed by atoms with E-state index in [-0.39, 0.29) is 12.0 Å². The monoisotopic (exact) mass is 346 g/mol. The minimum Gasteiger partial charge on any atom is -0.443 e. The highest BCUT2D eigenvalue weighted by Crippen LogP contribution is 2.22. The van der Waals surface area contributed by atoms with Gasteiger partial charge in [-0.25, -0.2) is 9.18 Å². The van der Waals surface area contributed by atoms with Gasteiger partial charge in [0, 0.05) is 23.0 Å². The summed E-state index contributed by atoms with van der Waals surface area (Å²) in [6.07, 6.45) is 0.989. The van der Waals surface area contributed by atoms with Crippen LogP contribution in [0, 0.1) is 19.7 Å². The first-order valence-corrected chi connectivity index (χ1v) is 8.02. The van der Waals surface area contributed by atoms with Gasteiger partial charge in [0.1, 0.15) is 11.4 Å². The molecule has 5 nitrogen and oxygen atoms in total. The lowest BCUT2D eigenvalue weighted by atomic mass is 10.1. The molecular formula is C19H23FN2O3. The van der Waals surface area contributed by atoms with Crippen LogP contribution in [-0.4, -0.2) is 16.7 Å². The Balaban J connectivity index is 2.43. The molecule has 6 heteroatoms. The lowest BCUT2D eigenvalue weighted by Crippen LogP contribution is -2.37. The van der Waals surface area contributed by atoms with Gasteiger partial charge in [0.25, 0.3) is 0 Å². The van der Waals surface area contributed by atoms with E-state index in [1.807, 2.05) is 0 Å². The zero-order valence-electron chi connectivity index (χ0n) is 15.1. The summed E-state index contributed by atoms with van der Waals surface area (Å²) in [5, 5.41) is 0. The average molecular weight is 346 g/mol. The highest BCUT2D eigenvalue weighted by molar-refractivity contribution is 5.87. The Hall–Kier alpha value is -2.63. The van der Waals surface area contributed by atoms with Crippen molar-refractivity contribution in [3.63, 3.8) is 0 Å². The molecule has 0 saturated heterocycles. The van der Waals surface area contributed by atoms with E-state index in [0.29, 0.717) is 22.5 Å². The maximum atomic E-state index is 13.6. The summed E-state index contributed by atoms with van der Waals surface area (Å²) in [5.41, 5.74) is 1.26. The first-order chi connectivity index (χ1) is 11.6. The predicted octanol–water partition coefficient (Wildman–Crippen LogP) is 4.07. The zero-order chi connectivity index (χ0) is 18.8. The SMILES string of the molecule is Cc1c[nH]c(CN(C(=O)OC(C)(C)C)c2cccc(F)c2)c(C)c1=O. The van der Waals surface area contributed by atoms with Gasteiger partial charge in [-0.3, -0.25) is 9.69 Å². The summed E-state index contributed by atoms with van der Waals surface area (Å²) >= 11 is 0. The number of hydrogen-bond acceptors (Lipinski definition) is 3. The Morgan fingerprint density at radius 1 is 1.28 bits per heavy atom. The fourth-order valence-corrected chi connectivity index (χ4v) is 2.35. The maximum Gasteiger partial charge on any atom is 0.415 e. The number of aromatic nitrogens is 1. The summed E-state index contributed by atoms with van der Waals surface area (Å²) in [5.74, 6) is -0.458. The van der Waals surface area contributed by atoms with Gasteiger partial charge in [-0.15, -0.1) is 0 Å². The van der Waals surface area contributed by atoms with Gasteiger partial charge in [-0.05, 0) is 52.8 Å². The van der Waals surface area contributed by atoms with Crippen molar-refractivity contribution in [2.75, 3.05) is 4.90 Å². The van der Waals surface area contributed by atoms with Crippen LogP contribution in [0.4, 0.5) is 14.9 Å². The molecule has 0 fully saturated rings. The van der Waals surface area contributed by atoms with Gasteiger partial charge in [0.2, 0.25) is 0 Å². The fourth-order valence-electron chi connectivity index (χ4n) is 2.35. The van der Waals surface area contributed by atoms with Gasteiger partial charge >= 0.3 is 6.09 Å². The number of nitrogens with zero attached hydrogens (tertiary/aromatic N) is 1. The highest BCUT2D eigenvalue weighted by Gasteiger charge is 2.25. The topological polar surface area (TPSA) is 62.4 Å². The molecule has 0 saturated carbocycles. The Labute approximate surface area is 146 Å². The number of pyridine rings is 1. The highest BCUT2D eigenvalue weighted by atomic mass is 19.1. The number of anilines is 1. The maximum absolute atomic E-state index is 13.6. The number of hydrogen-bond donors (Lipinski definition) is 1. The van der Waals surface area contributed by atoms with Gasteiger partial charge in [-0.1, -0.05) is 6.07 Å². The molecule has 0 unspecified atom stereocenters. The third-order valence-electron chi connectivity index (χ3n) is 3.66. The van der Waals surface area contributed by atoms with Gasteiger partial charge in [0.05, 0.1) is 12.2 Å². The van der Waals surface area contributed by atoms with Crippen molar-refractivity contribution >= 4 is 11.8 Å². The number of carbonyl (C=O) groups is 1. The van der Waals surface area contributed by atoms with E-state index in [9.17, 15) is 14.0 Å². The van der Waals surface area contributed by atoms with Crippen LogP contribution in [-0.2, 0) is 11.3 Å². The van der Waals surface area contributed by atoms with Crippen LogP contribution >= 0.6 is 0 Å². The molecule has 1 N–H and O–H groups in total. The number of ether oxygens (including phenoxy) is 1. The Bertz CT molecular complexity index is 837. The quantitative estimate of drug-likeness (QED) is 0.911. The first-order valence-electron chi connectivity index (χ1n) is 8.02. The predicted molar refractivity (Wildman–Crippen MR) is 95.4 cm³/mol. The van der Waals surface area contributed by atoms with Crippen LogP contribution < -0.4 is 10.3 Å². The molecule has 0 bridgehead atoms. The minimum absolute atomic E-state index is 0.0692. The van der Waals surface area contributed by atoms with Crippen LogP contribution in [0.15, 0.2) is 35.3 Å². The van der Waals surface area contributed by atoms with E-state index in [4.69, 9.17) is 4.74 Å². The van der Waals surface area contributed by atoms with Crippen molar-refractivity contribution in [3.05, 3.63) is 63.3 Å². The molecule has 0 radical (unpaired) electrons. The molecular weight excluding hydrogens is 323 g/mol. The second-order valence-corrected chi connectivity index (χ2v) is 6.95. The number of nitrogens with one attached hydrogen (secondary N) is 1. The summed E-state index contributed by atoms with van der Waals surface area (Å²) in [6, 6.07) is 5.70. The summed E-state index contributed by atoms with van der Waals surface area (Å²) in [7, 11) is 0. The molecule has 0 aliphatic rings. The third-order valence-corrected chi connectivity index (χ3v) is 3.66. The second-order valence-electron chi connectivity index (χ2n) is 6.95. The molecule has 2 aromatic rings. The average Bonchev–Trinajstić information content (AvgIpc) is 2.50. The molecule has 134 valence electrons. The van der Waals surface area contributed by atoms with Crippen LogP contribution in [0.5, 0.6) is 0 Å². The minimum atomic E-state index is -0.696. The Kier molecular flexibility index (Phi) is 5.30. The van der Waals surface area contributed by atoms with E-state index in [2.05, 4.69) is 4.98 Å². The molecule has 25 heavy (non-hydrogen) atoms. The molecule has 1 aromatic carbocycles. The van der Waals surface area contributed by atoms with Crippen LogP contribution in [0.3, 0.4) is 0 Å². The van der Waals surface area contributed by atoms with Crippen LogP contribution in [0.25, 0.3) is 0 Å². The van der Waals surface area contributed by atoms with Crippen molar-refractivity contribution in [2.24, 2.45) is 0 Å². The van der Waals surface area contributed by atoms with E-state index in [1.54, 1.807) is 46.9 Å². The number of amides is 1. The lowest BCUT2D eigenvalue weighted by molar-refractivity contribution is 0.0577. The van der Waals surface area contributed by atoms with Crippen molar-refractivity contribution in [3.8, 4) is 0 Å². The molecule has 0 atom stereocenters. The van der Waals surface area contributed by atoms with Crippen molar-refractivity contribution < 1.29 is 13.9 Å². The van der Waals surface area contributed by atoms with Crippen LogP contribution in [0.1, 0.15) is 37.6 Å². The lowest BCUT2D eigenvalue weighted by Gasteiger charge is -2.28. The summed E-state index contributed by atoms with van der Waals surface area (Å²) in [6.45, 7) is 8.75. The number of halogens is 1. The van der Waals surface area contributed by atoms with Crippen LogP contribution in [0.2, 0.25) is 0 Å². The normalized spacial score (nSPS) is 11.3. The Morgan fingerprint density at radius 2 is 1.96 bits per heavy atom. The van der Waals surface area contributed by atoms with Gasteiger partial charge in [-0.2, -0.15) is 0 Å². The molecule has 1 aromatic heterocycles. The molecule has 1 heterocycles. The Morgan fingerprint density at radius 3 is 2.56 bits per heavy atom. The second kappa shape index (κ2) is 7.09. The standard InChI is InChI=1S/C19H23FN2O3/c1-12-10-21-16(13(2)17(12)23)11-22(18(24)25-19(3,4)5)15-8-6-7-14(20)9-15/h6-10H,11H2,1-5H3,(H,21,23). The van der Waals surface area contributed by atoms with E-state index in [0.717, 1.165) is 0 Å². The number of aryl methyl sites for hydroxylation is 1. The number of carbonyl (C=O) groups excluding carboxylic acids is 1. The molecule has 0 aliphatic carbocycles. The van der Waals surface area contributed by atoms with E-state index >= 15 is 0 Å². The third kappa shape index (κ3) is 4.68. The number of rotatable bonds is 3. The van der Waals surface area contributed by atoms with Gasteiger partial charge < -0.3 is 9.72 Å². The molecule has 2 rings (SSSR count). The van der Waals surface area contributed by atoms with E-state index < -0.39 is 17.5 Å². The fraction of sp³-hybridized carbons (Fsp3) is 0.368. The smallest absolute Gasteiger partial charge is 0.415 e. The van der Waals surface area contributed by atoms with E-state index in [1.165, 1.54) is 23.1 Å². The van der Waals surface area contributed by atoms with Gasteiger partial charge in [0.15, 0.2) is 5.43 Å². The number of H-pyrrole nitrogens is 1. The van der Waals surface area contributed by atoms with Crippen molar-refractivity contribution in [2.45, 2.75) is 46.8 Å². The zero-order valence-corrected chi connectivity index (χ0v) is 15.1.